The van der Waals surface area contributed by atoms with E-state index in [9.17, 15) is 0 Å². The minimum absolute atomic E-state index is 0.196. The number of benzene rings is 1. The van der Waals surface area contributed by atoms with E-state index in [1.165, 1.54) is 30.5 Å². The second-order valence-corrected chi connectivity index (χ2v) is 6.26. The highest BCUT2D eigenvalue weighted by Crippen LogP contribution is 2.37. The van der Waals surface area contributed by atoms with E-state index < -0.39 is 0 Å². The molecule has 3 unspecified atom stereocenters. The third kappa shape index (κ3) is 4.29. The SMILES string of the molecule is CCN(CC)CCCC(C)NC1CC(N)c2ccccc21. The molecule has 0 spiro atoms. The van der Waals surface area contributed by atoms with Crippen molar-refractivity contribution in [2.75, 3.05) is 19.6 Å². The third-order valence-electron chi connectivity index (χ3n) is 4.75. The van der Waals surface area contributed by atoms with Crippen LogP contribution in [0.3, 0.4) is 0 Å². The first-order valence-electron chi connectivity index (χ1n) is 8.48. The van der Waals surface area contributed by atoms with Gasteiger partial charge in [0.1, 0.15) is 0 Å². The molecule has 118 valence electrons. The van der Waals surface area contributed by atoms with E-state index in [1.807, 2.05) is 0 Å². The van der Waals surface area contributed by atoms with E-state index in [4.69, 9.17) is 5.73 Å². The Balaban J connectivity index is 1.80. The molecule has 3 nitrogen and oxygen atoms in total. The molecule has 1 aromatic rings. The zero-order chi connectivity index (χ0) is 15.2. The Bertz CT molecular complexity index is 428. The average molecular weight is 289 g/mol. The van der Waals surface area contributed by atoms with Gasteiger partial charge >= 0.3 is 0 Å². The fourth-order valence-corrected chi connectivity index (χ4v) is 3.42. The van der Waals surface area contributed by atoms with Gasteiger partial charge in [0.2, 0.25) is 0 Å². The first kappa shape index (κ1) is 16.5. The summed E-state index contributed by atoms with van der Waals surface area (Å²) in [6.45, 7) is 10.3. The van der Waals surface area contributed by atoms with Crippen molar-refractivity contribution in [3.63, 3.8) is 0 Å². The molecule has 0 bridgehead atoms. The fourth-order valence-electron chi connectivity index (χ4n) is 3.42. The summed E-state index contributed by atoms with van der Waals surface area (Å²) in [6, 6.07) is 9.78. The summed E-state index contributed by atoms with van der Waals surface area (Å²) >= 11 is 0. The van der Waals surface area contributed by atoms with Gasteiger partial charge in [-0.1, -0.05) is 38.1 Å². The maximum absolute atomic E-state index is 6.24. The van der Waals surface area contributed by atoms with Crippen molar-refractivity contribution in [1.29, 1.82) is 0 Å². The summed E-state index contributed by atoms with van der Waals surface area (Å²) in [5, 5.41) is 3.78. The topological polar surface area (TPSA) is 41.3 Å². The first-order valence-corrected chi connectivity index (χ1v) is 8.48. The molecule has 1 aliphatic rings. The molecule has 1 aliphatic carbocycles. The third-order valence-corrected chi connectivity index (χ3v) is 4.75. The predicted molar refractivity (Wildman–Crippen MR) is 90.3 cm³/mol. The lowest BCUT2D eigenvalue weighted by atomic mass is 10.1. The molecule has 0 aromatic heterocycles. The van der Waals surface area contributed by atoms with Crippen LogP contribution in [0, 0.1) is 0 Å². The van der Waals surface area contributed by atoms with Crippen LogP contribution in [0.5, 0.6) is 0 Å². The van der Waals surface area contributed by atoms with Crippen LogP contribution >= 0.6 is 0 Å². The molecule has 3 N–H and O–H groups in total. The minimum atomic E-state index is 0.196. The average Bonchev–Trinajstić information content (AvgIpc) is 2.81. The van der Waals surface area contributed by atoms with Crippen LogP contribution in [0.4, 0.5) is 0 Å². The van der Waals surface area contributed by atoms with Gasteiger partial charge in [-0.25, -0.2) is 0 Å². The van der Waals surface area contributed by atoms with Crippen molar-refractivity contribution < 1.29 is 0 Å². The lowest BCUT2D eigenvalue weighted by Crippen LogP contribution is -2.31. The summed E-state index contributed by atoms with van der Waals surface area (Å²) < 4.78 is 0. The quantitative estimate of drug-likeness (QED) is 0.772. The highest BCUT2D eigenvalue weighted by atomic mass is 15.1. The Morgan fingerprint density at radius 2 is 1.90 bits per heavy atom. The van der Waals surface area contributed by atoms with Crippen molar-refractivity contribution in [2.24, 2.45) is 5.73 Å². The summed E-state index contributed by atoms with van der Waals surface area (Å²) in [4.78, 5) is 2.49. The van der Waals surface area contributed by atoms with E-state index in [-0.39, 0.29) is 6.04 Å². The number of hydrogen-bond donors (Lipinski definition) is 2. The smallest absolute Gasteiger partial charge is 0.0343 e. The number of hydrogen-bond acceptors (Lipinski definition) is 3. The molecule has 2 rings (SSSR count). The molecule has 0 radical (unpaired) electrons. The molecule has 0 aliphatic heterocycles. The molecule has 3 atom stereocenters. The Kier molecular flexibility index (Phi) is 6.22. The van der Waals surface area contributed by atoms with Gasteiger partial charge in [-0.3, -0.25) is 0 Å². The van der Waals surface area contributed by atoms with Crippen LogP contribution in [-0.4, -0.2) is 30.6 Å². The molecule has 1 aromatic carbocycles. The van der Waals surface area contributed by atoms with Gasteiger partial charge in [0.05, 0.1) is 0 Å². The summed E-state index contributed by atoms with van der Waals surface area (Å²) in [5.41, 5.74) is 8.97. The summed E-state index contributed by atoms with van der Waals surface area (Å²) in [5.74, 6) is 0. The second kappa shape index (κ2) is 7.92. The minimum Gasteiger partial charge on any atom is -0.324 e. The Morgan fingerprint density at radius 3 is 2.57 bits per heavy atom. The molecule has 0 saturated heterocycles. The van der Waals surface area contributed by atoms with Crippen LogP contribution in [-0.2, 0) is 0 Å². The monoisotopic (exact) mass is 289 g/mol. The van der Waals surface area contributed by atoms with Gasteiger partial charge in [-0.05, 0) is 56.9 Å². The Labute approximate surface area is 129 Å². The standard InChI is InChI=1S/C18H31N3/c1-4-21(5-2)12-8-9-14(3)20-18-13-17(19)15-10-6-7-11-16(15)18/h6-7,10-11,14,17-18,20H,4-5,8-9,12-13,19H2,1-3H3. The van der Waals surface area contributed by atoms with Crippen LogP contribution in [0.2, 0.25) is 0 Å². The zero-order valence-electron chi connectivity index (χ0n) is 13.8. The number of fused-ring (bicyclic) bond motifs is 1. The van der Waals surface area contributed by atoms with Crippen molar-refractivity contribution >= 4 is 0 Å². The second-order valence-electron chi connectivity index (χ2n) is 6.26. The van der Waals surface area contributed by atoms with E-state index in [2.05, 4.69) is 55.3 Å². The van der Waals surface area contributed by atoms with Crippen LogP contribution < -0.4 is 11.1 Å². The predicted octanol–water partition coefficient (Wildman–Crippen LogP) is 3.23. The Hall–Kier alpha value is -0.900. The van der Waals surface area contributed by atoms with E-state index in [1.54, 1.807) is 0 Å². The molecular formula is C18H31N3. The maximum atomic E-state index is 6.24. The van der Waals surface area contributed by atoms with Gasteiger partial charge < -0.3 is 16.0 Å². The number of nitrogens with zero attached hydrogens (tertiary/aromatic N) is 1. The first-order chi connectivity index (χ1) is 10.2. The highest BCUT2D eigenvalue weighted by Gasteiger charge is 2.28. The summed E-state index contributed by atoms with van der Waals surface area (Å²) in [7, 11) is 0. The van der Waals surface area contributed by atoms with Gasteiger partial charge in [0, 0.05) is 18.1 Å². The highest BCUT2D eigenvalue weighted by molar-refractivity contribution is 5.37. The molecule has 0 fully saturated rings. The molecule has 0 heterocycles. The molecule has 0 saturated carbocycles. The van der Waals surface area contributed by atoms with Crippen molar-refractivity contribution in [3.05, 3.63) is 35.4 Å². The van der Waals surface area contributed by atoms with E-state index >= 15 is 0 Å². The van der Waals surface area contributed by atoms with Gasteiger partial charge in [0.15, 0.2) is 0 Å². The lowest BCUT2D eigenvalue weighted by molar-refractivity contribution is 0.287. The molecule has 0 amide bonds. The maximum Gasteiger partial charge on any atom is 0.0343 e. The van der Waals surface area contributed by atoms with E-state index in [0.29, 0.717) is 12.1 Å². The number of nitrogens with one attached hydrogen (secondary N) is 1. The largest absolute Gasteiger partial charge is 0.324 e. The van der Waals surface area contributed by atoms with Crippen molar-refractivity contribution in [1.82, 2.24) is 10.2 Å². The normalized spacial score (nSPS) is 22.5. The molecular weight excluding hydrogens is 258 g/mol. The van der Waals surface area contributed by atoms with Gasteiger partial charge in [-0.2, -0.15) is 0 Å². The summed E-state index contributed by atoms with van der Waals surface area (Å²) in [6.07, 6.45) is 3.51. The van der Waals surface area contributed by atoms with E-state index in [0.717, 1.165) is 19.5 Å². The zero-order valence-corrected chi connectivity index (χ0v) is 13.8. The van der Waals surface area contributed by atoms with Gasteiger partial charge in [0.25, 0.3) is 0 Å². The van der Waals surface area contributed by atoms with Crippen molar-refractivity contribution in [3.8, 4) is 0 Å². The molecule has 21 heavy (non-hydrogen) atoms. The fraction of sp³-hybridized carbons (Fsp3) is 0.667. The Morgan fingerprint density at radius 1 is 1.24 bits per heavy atom. The van der Waals surface area contributed by atoms with Crippen molar-refractivity contribution in [2.45, 2.75) is 58.2 Å². The van der Waals surface area contributed by atoms with Crippen LogP contribution in [0.1, 0.15) is 63.2 Å². The lowest BCUT2D eigenvalue weighted by Gasteiger charge is -2.22. The number of rotatable bonds is 8. The molecule has 3 heteroatoms. The van der Waals surface area contributed by atoms with Crippen LogP contribution in [0.25, 0.3) is 0 Å². The van der Waals surface area contributed by atoms with Crippen LogP contribution in [0.15, 0.2) is 24.3 Å². The number of nitrogens with two attached hydrogens (primary N) is 1. The van der Waals surface area contributed by atoms with Gasteiger partial charge in [-0.15, -0.1) is 0 Å².